The molecule has 6 atom stereocenters. The number of nitrogens with one attached hydrogen (secondary N) is 3. The smallest absolute Gasteiger partial charge is 0.326 e. The van der Waals surface area contributed by atoms with Gasteiger partial charge in [-0.15, -0.1) is 0 Å². The summed E-state index contributed by atoms with van der Waals surface area (Å²) in [5.41, 5.74) is 16.1. The first-order chi connectivity index (χ1) is 28.3. The highest BCUT2D eigenvalue weighted by molar-refractivity contribution is 5.96. The molecule has 310 valence electrons. The van der Waals surface area contributed by atoms with Crippen molar-refractivity contribution in [2.45, 2.75) is 94.7 Å². The summed E-state index contributed by atoms with van der Waals surface area (Å²) in [7, 11) is 0. The number of aromatic hydroxyl groups is 1. The van der Waals surface area contributed by atoms with E-state index in [9.17, 15) is 39.0 Å². The fourth-order valence-corrected chi connectivity index (χ4v) is 7.11. The second kappa shape index (κ2) is 20.9. The Morgan fingerprint density at radius 1 is 0.644 bits per heavy atom. The van der Waals surface area contributed by atoms with Crippen molar-refractivity contribution in [3.05, 3.63) is 137 Å². The Kier molecular flexibility index (Phi) is 15.5. The molecule has 0 saturated carbocycles. The maximum Gasteiger partial charge on any atom is 0.326 e. The SMILES string of the molecule is CC(=O)C(N)CCC[C@@H](NC(=O)[C@H](Cc1ccccc1)NC(=O)[C@H](Cc1ccccc1)NC(=O)[C@@H]1Cc2ccccc2CN1C(=O)[C@@H](N)Cc1ccc(O)cc1)C(=O)O. The van der Waals surface area contributed by atoms with E-state index in [2.05, 4.69) is 16.0 Å². The molecule has 5 rings (SSSR count). The molecule has 1 aliphatic heterocycles. The van der Waals surface area contributed by atoms with Crippen LogP contribution < -0.4 is 27.4 Å². The van der Waals surface area contributed by atoms with Crippen molar-refractivity contribution in [3.63, 3.8) is 0 Å². The van der Waals surface area contributed by atoms with Crippen LogP contribution >= 0.6 is 0 Å². The van der Waals surface area contributed by atoms with E-state index in [1.165, 1.54) is 24.0 Å². The second-order valence-electron chi connectivity index (χ2n) is 15.0. The van der Waals surface area contributed by atoms with E-state index in [0.29, 0.717) is 11.1 Å². The number of hydrogen-bond acceptors (Lipinski definition) is 9. The van der Waals surface area contributed by atoms with Gasteiger partial charge >= 0.3 is 5.97 Å². The molecule has 0 fully saturated rings. The Bertz CT molecular complexity index is 2080. The molecule has 4 aromatic carbocycles. The van der Waals surface area contributed by atoms with E-state index in [0.717, 1.165) is 16.7 Å². The molecule has 0 aromatic heterocycles. The summed E-state index contributed by atoms with van der Waals surface area (Å²) < 4.78 is 0. The number of benzene rings is 4. The van der Waals surface area contributed by atoms with Crippen LogP contribution in [0.3, 0.4) is 0 Å². The number of aliphatic carboxylic acids is 1. The summed E-state index contributed by atoms with van der Waals surface area (Å²) in [5, 5.41) is 27.9. The van der Waals surface area contributed by atoms with Gasteiger partial charge < -0.3 is 42.5 Å². The molecule has 4 amide bonds. The minimum Gasteiger partial charge on any atom is -0.508 e. The zero-order chi connectivity index (χ0) is 42.5. The second-order valence-corrected chi connectivity index (χ2v) is 15.0. The maximum absolute atomic E-state index is 14.4. The standard InChI is InChI=1S/C45H52N6O8/c1-28(52)35(46)17-10-18-37(45(58)59)48-41(54)38(24-29-11-4-2-5-12-29)49-42(55)39(25-30-13-6-3-7-14-30)50-43(56)40-26-32-15-8-9-16-33(32)27-51(40)44(57)36(47)23-31-19-21-34(53)22-20-31/h2-9,11-16,19-22,35-40,53H,10,17-18,23-27,46-47H2,1H3,(H,48,54)(H,49,55)(H,50,56)(H,58,59)/t35?,36-,37+,38-,39-,40-/m0/s1. The quantitative estimate of drug-likeness (QED) is 0.0731. The first-order valence-electron chi connectivity index (χ1n) is 19.7. The van der Waals surface area contributed by atoms with E-state index in [-0.39, 0.29) is 63.0 Å². The lowest BCUT2D eigenvalue weighted by molar-refractivity contribution is -0.143. The van der Waals surface area contributed by atoms with Gasteiger partial charge in [-0.2, -0.15) is 0 Å². The lowest BCUT2D eigenvalue weighted by atomic mass is 9.92. The number of fused-ring (bicyclic) bond motifs is 1. The van der Waals surface area contributed by atoms with Crippen LogP contribution in [0.1, 0.15) is 54.0 Å². The molecule has 9 N–H and O–H groups in total. The molecule has 1 heterocycles. The minimum atomic E-state index is -1.32. The normalized spacial score (nSPS) is 16.0. The van der Waals surface area contributed by atoms with Crippen molar-refractivity contribution in [2.24, 2.45) is 11.5 Å². The van der Waals surface area contributed by atoms with Crippen molar-refractivity contribution in [2.75, 3.05) is 0 Å². The molecule has 0 radical (unpaired) electrons. The Morgan fingerprint density at radius 2 is 1.15 bits per heavy atom. The van der Waals surface area contributed by atoms with Crippen LogP contribution in [0.5, 0.6) is 5.75 Å². The molecule has 59 heavy (non-hydrogen) atoms. The topological polar surface area (TPSA) is 234 Å². The predicted molar refractivity (Wildman–Crippen MR) is 220 cm³/mol. The number of Topliss-reactive ketones (excluding diaryl/α,β-unsaturated/α-hetero) is 1. The number of carbonyl (C=O) groups is 6. The first-order valence-corrected chi connectivity index (χ1v) is 19.7. The number of nitrogens with two attached hydrogens (primary N) is 2. The van der Waals surface area contributed by atoms with Crippen molar-refractivity contribution in [3.8, 4) is 5.75 Å². The number of carbonyl (C=O) groups excluding carboxylic acids is 5. The number of phenolic OH excluding ortho intramolecular Hbond substituents is 1. The third-order valence-corrected chi connectivity index (χ3v) is 10.5. The Balaban J connectivity index is 1.39. The molecule has 0 bridgehead atoms. The zero-order valence-electron chi connectivity index (χ0n) is 33.0. The van der Waals surface area contributed by atoms with Crippen LogP contribution in [-0.4, -0.2) is 86.7 Å². The number of hydrogen-bond donors (Lipinski definition) is 7. The number of carboxylic acids is 1. The molecular formula is C45H52N6O8. The number of carboxylic acid groups (broad SMARTS) is 1. The maximum atomic E-state index is 14.4. The van der Waals surface area contributed by atoms with Gasteiger partial charge in [0.25, 0.3) is 0 Å². The molecule has 0 aliphatic carbocycles. The van der Waals surface area contributed by atoms with Crippen molar-refractivity contribution in [1.29, 1.82) is 0 Å². The summed E-state index contributed by atoms with van der Waals surface area (Å²) in [6, 6.07) is 25.1. The van der Waals surface area contributed by atoms with Gasteiger partial charge in [0, 0.05) is 25.8 Å². The first kappa shape index (κ1) is 43.7. The molecule has 0 spiro atoms. The van der Waals surface area contributed by atoms with Crippen LogP contribution in [0.25, 0.3) is 0 Å². The van der Waals surface area contributed by atoms with Crippen LogP contribution in [0, 0.1) is 0 Å². The number of amides is 4. The summed E-state index contributed by atoms with van der Waals surface area (Å²) >= 11 is 0. The molecule has 14 nitrogen and oxygen atoms in total. The minimum absolute atomic E-state index is 0.000913. The molecule has 1 unspecified atom stereocenters. The van der Waals surface area contributed by atoms with E-state index >= 15 is 0 Å². The highest BCUT2D eigenvalue weighted by Gasteiger charge is 2.38. The summed E-state index contributed by atoms with van der Waals surface area (Å²) in [6.45, 7) is 1.46. The largest absolute Gasteiger partial charge is 0.508 e. The molecule has 1 aliphatic rings. The average Bonchev–Trinajstić information content (AvgIpc) is 3.23. The number of nitrogens with zero attached hydrogens (tertiary/aromatic N) is 1. The predicted octanol–water partition coefficient (Wildman–Crippen LogP) is 2.33. The highest BCUT2D eigenvalue weighted by atomic mass is 16.4. The van der Waals surface area contributed by atoms with Gasteiger partial charge in [-0.1, -0.05) is 97.1 Å². The van der Waals surface area contributed by atoms with Crippen molar-refractivity contribution < 1.29 is 39.0 Å². The zero-order valence-corrected chi connectivity index (χ0v) is 33.0. The number of phenols is 1. The Hall–Kier alpha value is -6.38. The van der Waals surface area contributed by atoms with Crippen molar-refractivity contribution in [1.82, 2.24) is 20.9 Å². The third-order valence-electron chi connectivity index (χ3n) is 10.5. The fraction of sp³-hybridized carbons (Fsp3) is 0.333. The summed E-state index contributed by atoms with van der Waals surface area (Å²) in [6.07, 6.45) is 0.845. The molecule has 14 heteroatoms. The summed E-state index contributed by atoms with van der Waals surface area (Å²) in [5.74, 6) is -3.96. The van der Waals surface area contributed by atoms with E-state index in [4.69, 9.17) is 11.5 Å². The van der Waals surface area contributed by atoms with Gasteiger partial charge in [0.15, 0.2) is 0 Å². The monoisotopic (exact) mass is 804 g/mol. The number of rotatable bonds is 19. The van der Waals surface area contributed by atoms with E-state index < -0.39 is 65.8 Å². The number of ketones is 1. The van der Waals surface area contributed by atoms with E-state index in [1.54, 1.807) is 66.7 Å². The van der Waals surface area contributed by atoms with Gasteiger partial charge in [0.1, 0.15) is 35.7 Å². The van der Waals surface area contributed by atoms with Crippen LogP contribution in [0.15, 0.2) is 109 Å². The van der Waals surface area contributed by atoms with Gasteiger partial charge in [0.05, 0.1) is 12.1 Å². The van der Waals surface area contributed by atoms with Crippen LogP contribution in [-0.2, 0) is 61.0 Å². The highest BCUT2D eigenvalue weighted by Crippen LogP contribution is 2.25. The molecule has 0 saturated heterocycles. The molecular weight excluding hydrogens is 753 g/mol. The lowest BCUT2D eigenvalue weighted by Crippen LogP contribution is -2.61. The van der Waals surface area contributed by atoms with E-state index in [1.807, 2.05) is 30.3 Å². The van der Waals surface area contributed by atoms with Gasteiger partial charge in [0.2, 0.25) is 23.6 Å². The van der Waals surface area contributed by atoms with Gasteiger partial charge in [-0.3, -0.25) is 24.0 Å². The average molecular weight is 805 g/mol. The fourth-order valence-electron chi connectivity index (χ4n) is 7.11. The van der Waals surface area contributed by atoms with Crippen molar-refractivity contribution >= 4 is 35.4 Å². The van der Waals surface area contributed by atoms with Crippen LogP contribution in [0.2, 0.25) is 0 Å². The van der Waals surface area contributed by atoms with Crippen LogP contribution in [0.4, 0.5) is 0 Å². The Morgan fingerprint density at radius 3 is 1.71 bits per heavy atom. The molecule has 4 aromatic rings. The van der Waals surface area contributed by atoms with Gasteiger partial charge in [-0.05, 0) is 72.6 Å². The summed E-state index contributed by atoms with van der Waals surface area (Å²) in [4.78, 5) is 82.0. The van der Waals surface area contributed by atoms with Gasteiger partial charge in [-0.25, -0.2) is 4.79 Å². The Labute approximate surface area is 343 Å². The lowest BCUT2D eigenvalue weighted by Gasteiger charge is -2.38. The third kappa shape index (κ3) is 12.6.